The van der Waals surface area contributed by atoms with Crippen molar-refractivity contribution in [3.8, 4) is 0 Å². The Balaban J connectivity index is 1.58. The number of hydrogen-bond donors (Lipinski definition) is 2. The van der Waals surface area contributed by atoms with Crippen LogP contribution in [0.3, 0.4) is 0 Å². The van der Waals surface area contributed by atoms with E-state index >= 15 is 0 Å². The number of aliphatic carboxylic acids is 2. The van der Waals surface area contributed by atoms with Crippen molar-refractivity contribution < 1.29 is 19.8 Å². The molecule has 2 aliphatic rings. The van der Waals surface area contributed by atoms with E-state index < -0.39 is 11.9 Å². The molecule has 0 aromatic carbocycles. The minimum atomic E-state index is -0.757. The van der Waals surface area contributed by atoms with E-state index in [9.17, 15) is 9.59 Å². The van der Waals surface area contributed by atoms with Crippen molar-refractivity contribution in [3.05, 3.63) is 0 Å². The van der Waals surface area contributed by atoms with Crippen molar-refractivity contribution in [2.24, 2.45) is 0 Å². The van der Waals surface area contributed by atoms with Crippen molar-refractivity contribution in [1.82, 2.24) is 19.6 Å². The molecule has 8 heteroatoms. The zero-order valence-corrected chi connectivity index (χ0v) is 13.0. The van der Waals surface area contributed by atoms with E-state index in [-0.39, 0.29) is 13.1 Å². The van der Waals surface area contributed by atoms with Crippen LogP contribution in [0.2, 0.25) is 0 Å². The van der Waals surface area contributed by atoms with Crippen LogP contribution in [0.15, 0.2) is 0 Å². The molecule has 0 radical (unpaired) electrons. The van der Waals surface area contributed by atoms with E-state index in [1.807, 2.05) is 9.80 Å². The lowest BCUT2D eigenvalue weighted by Gasteiger charge is -2.37. The summed E-state index contributed by atoms with van der Waals surface area (Å²) in [5.41, 5.74) is 0. The third-order valence-electron chi connectivity index (χ3n) is 4.38. The standard InChI is InChI=1S/C14H26N4O4/c19-13(20)11-17-7-3-15(4-8-17)1-2-16-5-9-18(10-6-16)12-14(21)22/h1-12H2,(H,19,20)(H,21,22). The molecule has 0 amide bonds. The smallest absolute Gasteiger partial charge is 0.317 e. The first-order valence-corrected chi connectivity index (χ1v) is 7.86. The van der Waals surface area contributed by atoms with E-state index in [1.165, 1.54) is 0 Å². The third-order valence-corrected chi connectivity index (χ3v) is 4.38. The summed E-state index contributed by atoms with van der Waals surface area (Å²) in [5.74, 6) is -1.51. The van der Waals surface area contributed by atoms with E-state index in [0.29, 0.717) is 0 Å². The molecule has 0 atom stereocenters. The zero-order valence-electron chi connectivity index (χ0n) is 13.0. The normalized spacial score (nSPS) is 22.7. The highest BCUT2D eigenvalue weighted by Crippen LogP contribution is 2.04. The zero-order chi connectivity index (χ0) is 15.9. The van der Waals surface area contributed by atoms with Crippen LogP contribution in [0.4, 0.5) is 0 Å². The highest BCUT2D eigenvalue weighted by molar-refractivity contribution is 5.69. The summed E-state index contributed by atoms with van der Waals surface area (Å²) in [4.78, 5) is 30.0. The number of carboxylic acids is 2. The van der Waals surface area contributed by atoms with Gasteiger partial charge in [-0.3, -0.25) is 29.2 Å². The lowest BCUT2D eigenvalue weighted by molar-refractivity contribution is -0.139. The molecule has 0 bridgehead atoms. The van der Waals surface area contributed by atoms with Crippen molar-refractivity contribution in [1.29, 1.82) is 0 Å². The van der Waals surface area contributed by atoms with Gasteiger partial charge in [-0.1, -0.05) is 0 Å². The molecule has 0 aromatic heterocycles. The first kappa shape index (κ1) is 17.1. The Bertz CT molecular complexity index is 341. The molecule has 8 nitrogen and oxygen atoms in total. The van der Waals surface area contributed by atoms with Crippen LogP contribution < -0.4 is 0 Å². The van der Waals surface area contributed by atoms with Crippen molar-refractivity contribution in [2.45, 2.75) is 0 Å². The second-order valence-electron chi connectivity index (χ2n) is 6.02. The van der Waals surface area contributed by atoms with Gasteiger partial charge in [0.15, 0.2) is 0 Å². The second-order valence-corrected chi connectivity index (χ2v) is 6.02. The van der Waals surface area contributed by atoms with E-state index in [2.05, 4.69) is 9.80 Å². The summed E-state index contributed by atoms with van der Waals surface area (Å²) in [6.07, 6.45) is 0. The van der Waals surface area contributed by atoms with Gasteiger partial charge in [-0.25, -0.2) is 0 Å². The van der Waals surface area contributed by atoms with E-state index in [4.69, 9.17) is 10.2 Å². The first-order valence-electron chi connectivity index (χ1n) is 7.86. The quantitative estimate of drug-likeness (QED) is 0.580. The predicted octanol–water partition coefficient (Wildman–Crippen LogP) is -1.61. The highest BCUT2D eigenvalue weighted by Gasteiger charge is 2.21. The van der Waals surface area contributed by atoms with Crippen LogP contribution in [-0.4, -0.2) is 120 Å². The monoisotopic (exact) mass is 314 g/mol. The molecule has 0 saturated carbocycles. The predicted molar refractivity (Wildman–Crippen MR) is 81.0 cm³/mol. The Morgan fingerprint density at radius 3 is 1.14 bits per heavy atom. The lowest BCUT2D eigenvalue weighted by atomic mass is 10.3. The van der Waals surface area contributed by atoms with Crippen molar-refractivity contribution in [3.63, 3.8) is 0 Å². The number of nitrogens with zero attached hydrogens (tertiary/aromatic N) is 4. The molecular weight excluding hydrogens is 288 g/mol. The number of hydrogen-bond acceptors (Lipinski definition) is 6. The van der Waals surface area contributed by atoms with Crippen LogP contribution in [-0.2, 0) is 9.59 Å². The largest absolute Gasteiger partial charge is 0.480 e. The minimum absolute atomic E-state index is 0.138. The van der Waals surface area contributed by atoms with Crippen LogP contribution in [0.25, 0.3) is 0 Å². The lowest BCUT2D eigenvalue weighted by Crippen LogP contribution is -2.52. The maximum Gasteiger partial charge on any atom is 0.317 e. The van der Waals surface area contributed by atoms with Gasteiger partial charge >= 0.3 is 11.9 Å². The van der Waals surface area contributed by atoms with Gasteiger partial charge in [-0.05, 0) is 0 Å². The average molecular weight is 314 g/mol. The molecule has 0 aliphatic carbocycles. The van der Waals surface area contributed by atoms with Gasteiger partial charge in [-0.2, -0.15) is 0 Å². The van der Waals surface area contributed by atoms with Gasteiger partial charge in [0.1, 0.15) is 0 Å². The fourth-order valence-electron chi connectivity index (χ4n) is 3.01. The maximum absolute atomic E-state index is 10.7. The van der Waals surface area contributed by atoms with Crippen LogP contribution in [0, 0.1) is 0 Å². The first-order chi connectivity index (χ1) is 10.5. The fraction of sp³-hybridized carbons (Fsp3) is 0.857. The molecule has 0 aromatic rings. The molecule has 2 aliphatic heterocycles. The van der Waals surface area contributed by atoms with Crippen molar-refractivity contribution >= 4 is 11.9 Å². The summed E-state index contributed by atoms with van der Waals surface area (Å²) >= 11 is 0. The molecule has 2 heterocycles. The summed E-state index contributed by atoms with van der Waals surface area (Å²) in [6.45, 7) is 9.24. The van der Waals surface area contributed by atoms with Crippen LogP contribution >= 0.6 is 0 Å². The van der Waals surface area contributed by atoms with E-state index in [0.717, 1.165) is 65.4 Å². The number of carbonyl (C=O) groups is 2. The fourth-order valence-corrected chi connectivity index (χ4v) is 3.01. The number of piperazine rings is 2. The SMILES string of the molecule is O=C(O)CN1CCN(CCN2CCN(CC(=O)O)CC2)CC1. The average Bonchev–Trinajstić information content (AvgIpc) is 2.47. The van der Waals surface area contributed by atoms with Gasteiger partial charge in [0.25, 0.3) is 0 Å². The number of carboxylic acid groups (broad SMARTS) is 2. The van der Waals surface area contributed by atoms with E-state index in [1.54, 1.807) is 0 Å². The Morgan fingerprint density at radius 1 is 0.591 bits per heavy atom. The Morgan fingerprint density at radius 2 is 0.864 bits per heavy atom. The third kappa shape index (κ3) is 5.88. The van der Waals surface area contributed by atoms with Crippen molar-refractivity contribution in [2.75, 3.05) is 78.5 Å². The topological polar surface area (TPSA) is 87.6 Å². The Labute approximate surface area is 130 Å². The Kier molecular flexibility index (Phi) is 6.56. The highest BCUT2D eigenvalue weighted by atomic mass is 16.4. The van der Waals surface area contributed by atoms with Gasteiger partial charge in [-0.15, -0.1) is 0 Å². The Hall–Kier alpha value is -1.22. The number of rotatable bonds is 7. The summed E-state index contributed by atoms with van der Waals surface area (Å²) in [7, 11) is 0. The van der Waals surface area contributed by atoms with Gasteiger partial charge in [0.2, 0.25) is 0 Å². The second kappa shape index (κ2) is 8.42. The summed E-state index contributed by atoms with van der Waals surface area (Å²) in [6, 6.07) is 0. The van der Waals surface area contributed by atoms with Gasteiger partial charge in [0, 0.05) is 65.4 Å². The van der Waals surface area contributed by atoms with Crippen LogP contribution in [0.1, 0.15) is 0 Å². The molecule has 0 spiro atoms. The molecule has 126 valence electrons. The molecule has 2 N–H and O–H groups in total. The molecular formula is C14H26N4O4. The molecule has 0 unspecified atom stereocenters. The van der Waals surface area contributed by atoms with Gasteiger partial charge < -0.3 is 10.2 Å². The summed E-state index contributed by atoms with van der Waals surface area (Å²) in [5, 5.41) is 17.6. The molecule has 2 fully saturated rings. The van der Waals surface area contributed by atoms with Gasteiger partial charge in [0.05, 0.1) is 13.1 Å². The molecule has 2 rings (SSSR count). The van der Waals surface area contributed by atoms with Crippen LogP contribution in [0.5, 0.6) is 0 Å². The molecule has 2 saturated heterocycles. The molecule has 22 heavy (non-hydrogen) atoms. The summed E-state index contributed by atoms with van der Waals surface area (Å²) < 4.78 is 0. The maximum atomic E-state index is 10.7. The minimum Gasteiger partial charge on any atom is -0.480 e.